The molecule has 35 heavy (non-hydrogen) atoms. The van der Waals surface area contributed by atoms with Crippen molar-refractivity contribution in [1.29, 1.82) is 0 Å². The topological polar surface area (TPSA) is 109 Å². The van der Waals surface area contributed by atoms with Crippen LogP contribution in [-0.4, -0.2) is 42.2 Å². The van der Waals surface area contributed by atoms with Gasteiger partial charge in [-0.3, -0.25) is 14.6 Å². The molecule has 1 atom stereocenters. The summed E-state index contributed by atoms with van der Waals surface area (Å²) in [5.41, 5.74) is 3.38. The lowest BCUT2D eigenvalue weighted by atomic mass is 9.90. The van der Waals surface area contributed by atoms with Crippen molar-refractivity contribution in [3.8, 4) is 0 Å². The number of pyridine rings is 1. The number of hydrogen-bond donors (Lipinski definition) is 1. The van der Waals surface area contributed by atoms with Gasteiger partial charge in [-0.25, -0.2) is 13.4 Å². The summed E-state index contributed by atoms with van der Waals surface area (Å²) in [4.78, 5) is 29.3. The minimum atomic E-state index is -3.29. The van der Waals surface area contributed by atoms with Crippen LogP contribution in [0.5, 0.6) is 0 Å². The normalized spacial score (nSPS) is 16.1. The van der Waals surface area contributed by atoms with E-state index in [-0.39, 0.29) is 29.2 Å². The number of rotatable bonds is 7. The van der Waals surface area contributed by atoms with Crippen LogP contribution in [0, 0.1) is 5.92 Å². The quantitative estimate of drug-likeness (QED) is 0.540. The number of hydrazone groups is 1. The second-order valence-corrected chi connectivity index (χ2v) is 10.4. The van der Waals surface area contributed by atoms with Gasteiger partial charge in [0.1, 0.15) is 5.69 Å². The molecule has 8 nitrogen and oxygen atoms in total. The number of amides is 2. The van der Waals surface area contributed by atoms with Gasteiger partial charge in [0.2, 0.25) is 5.91 Å². The zero-order valence-electron chi connectivity index (χ0n) is 19.5. The van der Waals surface area contributed by atoms with Crippen LogP contribution >= 0.6 is 0 Å². The van der Waals surface area contributed by atoms with Crippen LogP contribution in [0.3, 0.4) is 0 Å². The number of benzene rings is 2. The Balaban J connectivity index is 1.50. The zero-order chi connectivity index (χ0) is 25.0. The molecule has 1 aliphatic heterocycles. The zero-order valence-corrected chi connectivity index (χ0v) is 20.3. The largest absolute Gasteiger partial charge is 0.321 e. The average Bonchev–Trinajstić information content (AvgIpc) is 2.86. The first-order valence-electron chi connectivity index (χ1n) is 11.2. The van der Waals surface area contributed by atoms with Crippen molar-refractivity contribution in [2.75, 3.05) is 11.6 Å². The molecule has 1 N–H and O–H groups in total. The SMILES string of the molecule is CCC1CC(=O)N(Cc2ccc(NC(=O)c3ccccn3)cc2)N=C1c1ccc(S(C)(=O)=O)cc1. The predicted molar refractivity (Wildman–Crippen MR) is 134 cm³/mol. The van der Waals surface area contributed by atoms with Crippen molar-refractivity contribution in [3.63, 3.8) is 0 Å². The molecule has 2 heterocycles. The summed E-state index contributed by atoms with van der Waals surface area (Å²) in [6.07, 6.45) is 3.81. The van der Waals surface area contributed by atoms with E-state index in [0.717, 1.165) is 23.3 Å². The van der Waals surface area contributed by atoms with E-state index in [1.807, 2.05) is 19.1 Å². The van der Waals surface area contributed by atoms with Crippen molar-refractivity contribution in [1.82, 2.24) is 9.99 Å². The van der Waals surface area contributed by atoms with E-state index < -0.39 is 9.84 Å². The van der Waals surface area contributed by atoms with Gasteiger partial charge in [0.15, 0.2) is 9.84 Å². The second kappa shape index (κ2) is 10.2. The van der Waals surface area contributed by atoms with Gasteiger partial charge in [-0.1, -0.05) is 37.3 Å². The summed E-state index contributed by atoms with van der Waals surface area (Å²) in [6.45, 7) is 2.29. The number of carbonyl (C=O) groups is 2. The van der Waals surface area contributed by atoms with Crippen LogP contribution in [0.15, 0.2) is 82.9 Å². The number of nitrogens with zero attached hydrogens (tertiary/aromatic N) is 3. The molecule has 0 fully saturated rings. The molecule has 0 spiro atoms. The molecular formula is C26H26N4O4S. The number of aromatic nitrogens is 1. The summed E-state index contributed by atoms with van der Waals surface area (Å²) in [5, 5.41) is 8.91. The van der Waals surface area contributed by atoms with E-state index in [4.69, 9.17) is 0 Å². The Morgan fingerprint density at radius 3 is 2.37 bits per heavy atom. The first kappa shape index (κ1) is 24.3. The predicted octanol–water partition coefficient (Wildman–Crippen LogP) is 3.90. The van der Waals surface area contributed by atoms with Gasteiger partial charge < -0.3 is 5.32 Å². The first-order valence-corrected chi connectivity index (χ1v) is 13.1. The van der Waals surface area contributed by atoms with Crippen LogP contribution in [0.4, 0.5) is 5.69 Å². The fourth-order valence-corrected chi connectivity index (χ4v) is 4.50. The molecule has 0 saturated heterocycles. The minimum absolute atomic E-state index is 0.0352. The third-order valence-electron chi connectivity index (χ3n) is 5.84. The van der Waals surface area contributed by atoms with Crippen molar-refractivity contribution in [2.24, 2.45) is 11.0 Å². The van der Waals surface area contributed by atoms with E-state index >= 15 is 0 Å². The lowest BCUT2D eigenvalue weighted by molar-refractivity contribution is -0.133. The maximum Gasteiger partial charge on any atom is 0.274 e. The van der Waals surface area contributed by atoms with Gasteiger partial charge in [-0.2, -0.15) is 5.10 Å². The van der Waals surface area contributed by atoms with Gasteiger partial charge in [-0.05, 0) is 53.9 Å². The van der Waals surface area contributed by atoms with Gasteiger partial charge in [-0.15, -0.1) is 0 Å². The van der Waals surface area contributed by atoms with Gasteiger partial charge in [0.25, 0.3) is 5.91 Å². The summed E-state index contributed by atoms with van der Waals surface area (Å²) in [5.74, 6) is -0.404. The molecule has 1 aliphatic rings. The van der Waals surface area contributed by atoms with Crippen molar-refractivity contribution in [3.05, 3.63) is 89.7 Å². The Morgan fingerprint density at radius 2 is 1.77 bits per heavy atom. The third-order valence-corrected chi connectivity index (χ3v) is 6.97. The molecule has 3 aromatic rings. The van der Waals surface area contributed by atoms with E-state index in [2.05, 4.69) is 15.4 Å². The minimum Gasteiger partial charge on any atom is -0.321 e. The maximum atomic E-state index is 12.8. The van der Waals surface area contributed by atoms with Crippen molar-refractivity contribution < 1.29 is 18.0 Å². The van der Waals surface area contributed by atoms with Gasteiger partial charge in [0, 0.05) is 30.5 Å². The molecule has 180 valence electrons. The summed E-state index contributed by atoms with van der Waals surface area (Å²) >= 11 is 0. The molecule has 0 bridgehead atoms. The summed E-state index contributed by atoms with van der Waals surface area (Å²) in [7, 11) is -3.29. The lowest BCUT2D eigenvalue weighted by Crippen LogP contribution is -2.36. The highest BCUT2D eigenvalue weighted by atomic mass is 32.2. The van der Waals surface area contributed by atoms with E-state index in [9.17, 15) is 18.0 Å². The van der Waals surface area contributed by atoms with Crippen LogP contribution in [0.2, 0.25) is 0 Å². The number of nitrogens with one attached hydrogen (secondary N) is 1. The summed E-state index contributed by atoms with van der Waals surface area (Å²) < 4.78 is 23.6. The fourth-order valence-electron chi connectivity index (χ4n) is 3.87. The van der Waals surface area contributed by atoms with E-state index in [1.165, 1.54) is 11.3 Å². The van der Waals surface area contributed by atoms with Crippen molar-refractivity contribution in [2.45, 2.75) is 31.2 Å². The Hall–Kier alpha value is -3.85. The fraction of sp³-hybridized carbons (Fsp3) is 0.231. The number of carbonyl (C=O) groups excluding carboxylic acids is 2. The first-order chi connectivity index (χ1) is 16.7. The molecule has 9 heteroatoms. The summed E-state index contributed by atoms with van der Waals surface area (Å²) in [6, 6.07) is 19.0. The number of anilines is 1. The van der Waals surface area contributed by atoms with Crippen molar-refractivity contribution >= 4 is 33.1 Å². The Labute approximate surface area is 204 Å². The molecule has 1 aromatic heterocycles. The number of hydrogen-bond acceptors (Lipinski definition) is 6. The standard InChI is InChI=1S/C26H26N4O4S/c1-3-19-16-24(31)30(29-25(19)20-9-13-22(14-10-20)35(2,33)34)17-18-7-11-21(12-8-18)28-26(32)23-6-4-5-15-27-23/h4-15,19H,3,16-17H2,1-2H3,(H,28,32). The molecule has 0 aliphatic carbocycles. The molecule has 1 unspecified atom stereocenters. The Bertz CT molecular complexity index is 1350. The van der Waals surface area contributed by atoms with Crippen LogP contribution < -0.4 is 5.32 Å². The molecule has 2 aromatic carbocycles. The molecule has 0 radical (unpaired) electrons. The Kier molecular flexibility index (Phi) is 7.07. The van der Waals surface area contributed by atoms with E-state index in [1.54, 1.807) is 60.8 Å². The highest BCUT2D eigenvalue weighted by molar-refractivity contribution is 7.90. The van der Waals surface area contributed by atoms with Crippen LogP contribution in [-0.2, 0) is 21.2 Å². The molecule has 0 saturated carbocycles. The smallest absolute Gasteiger partial charge is 0.274 e. The molecule has 4 rings (SSSR count). The molecule has 2 amide bonds. The monoisotopic (exact) mass is 490 g/mol. The third kappa shape index (κ3) is 5.81. The van der Waals surface area contributed by atoms with Gasteiger partial charge in [0.05, 0.1) is 17.2 Å². The number of sulfone groups is 1. The Morgan fingerprint density at radius 1 is 1.06 bits per heavy atom. The maximum absolute atomic E-state index is 12.8. The average molecular weight is 491 g/mol. The van der Waals surface area contributed by atoms with E-state index in [0.29, 0.717) is 17.8 Å². The lowest BCUT2D eigenvalue weighted by Gasteiger charge is -2.29. The molecular weight excluding hydrogens is 464 g/mol. The van der Waals surface area contributed by atoms with Crippen LogP contribution in [0.25, 0.3) is 0 Å². The second-order valence-electron chi connectivity index (χ2n) is 8.41. The highest BCUT2D eigenvalue weighted by Gasteiger charge is 2.29. The van der Waals surface area contributed by atoms with Gasteiger partial charge >= 0.3 is 0 Å². The van der Waals surface area contributed by atoms with Crippen LogP contribution in [0.1, 0.15) is 41.4 Å². The highest BCUT2D eigenvalue weighted by Crippen LogP contribution is 2.26.